The summed E-state index contributed by atoms with van der Waals surface area (Å²) in [6, 6.07) is 12.6. The van der Waals surface area contributed by atoms with Gasteiger partial charge in [-0.2, -0.15) is 0 Å². The lowest BCUT2D eigenvalue weighted by molar-refractivity contribution is -0.123. The van der Waals surface area contributed by atoms with Gasteiger partial charge < -0.3 is 15.5 Å². The van der Waals surface area contributed by atoms with E-state index in [4.69, 9.17) is 0 Å². The van der Waals surface area contributed by atoms with Crippen LogP contribution in [-0.2, 0) is 33.6 Å². The highest BCUT2D eigenvalue weighted by Gasteiger charge is 2.50. The first-order valence-electron chi connectivity index (χ1n) is 10.4. The molecule has 9 heteroatoms. The van der Waals surface area contributed by atoms with E-state index in [9.17, 15) is 19.2 Å². The molecule has 1 saturated heterocycles. The second-order valence-corrected chi connectivity index (χ2v) is 9.54. The summed E-state index contributed by atoms with van der Waals surface area (Å²) in [7, 11) is 0. The summed E-state index contributed by atoms with van der Waals surface area (Å²) in [6.07, 6.45) is 2.21. The molecule has 164 valence electrons. The Morgan fingerprint density at radius 2 is 1.88 bits per heavy atom. The molecule has 0 radical (unpaired) electrons. The van der Waals surface area contributed by atoms with Crippen LogP contribution in [0.3, 0.4) is 0 Å². The zero-order valence-corrected chi connectivity index (χ0v) is 18.7. The van der Waals surface area contributed by atoms with Crippen LogP contribution >= 0.6 is 15.9 Å². The second kappa shape index (κ2) is 7.74. The third kappa shape index (κ3) is 3.56. The molecule has 0 bridgehead atoms. The molecule has 1 spiro atoms. The number of carbonyl (C=O) groups is 4. The van der Waals surface area contributed by atoms with Crippen LogP contribution in [0.1, 0.15) is 23.1 Å². The molecule has 2 aromatic rings. The molecule has 3 N–H and O–H groups in total. The fourth-order valence-electron chi connectivity index (χ4n) is 4.72. The van der Waals surface area contributed by atoms with Crippen molar-refractivity contribution in [2.24, 2.45) is 0 Å². The van der Waals surface area contributed by atoms with Crippen molar-refractivity contribution < 1.29 is 19.2 Å². The normalized spacial score (nSPS) is 24.0. The Hall–Kier alpha value is -3.20. The minimum Gasteiger partial charge on any atom is -0.325 e. The molecule has 5 amide bonds. The Balaban J connectivity index is 1.32. The van der Waals surface area contributed by atoms with E-state index in [1.165, 1.54) is 4.90 Å². The molecule has 32 heavy (non-hydrogen) atoms. The number of carbonyl (C=O) groups excluding carboxylic acids is 4. The molecule has 5 rings (SSSR count). The van der Waals surface area contributed by atoms with Gasteiger partial charge in [0.05, 0.1) is 4.83 Å². The second-order valence-electron chi connectivity index (χ2n) is 8.43. The average molecular weight is 497 g/mol. The van der Waals surface area contributed by atoms with Crippen LogP contribution in [0.25, 0.3) is 0 Å². The standard InChI is InChI=1S/C23H21BrN4O4/c24-17-8-6-13-3-1-2-4-18(13)28(20(17)30)12-19(29)25-16-7-5-14-10-23(11-15(14)9-16)21(31)26-22(32)27-23/h1-5,7,9,17H,6,8,10-12H2,(H,25,29)(H2,26,27,31,32). The van der Waals surface area contributed by atoms with Gasteiger partial charge in [-0.25, -0.2) is 4.79 Å². The van der Waals surface area contributed by atoms with Gasteiger partial charge >= 0.3 is 6.03 Å². The summed E-state index contributed by atoms with van der Waals surface area (Å²) in [5.41, 5.74) is 3.29. The first kappa shape index (κ1) is 20.7. The van der Waals surface area contributed by atoms with Gasteiger partial charge in [-0.3, -0.25) is 19.7 Å². The molecule has 3 aliphatic rings. The lowest BCUT2D eigenvalue weighted by Crippen LogP contribution is -2.47. The van der Waals surface area contributed by atoms with E-state index >= 15 is 0 Å². The maximum absolute atomic E-state index is 12.9. The van der Waals surface area contributed by atoms with E-state index in [1.807, 2.05) is 36.4 Å². The number of alkyl halides is 1. The van der Waals surface area contributed by atoms with Gasteiger partial charge in [-0.05, 0) is 47.7 Å². The zero-order valence-electron chi connectivity index (χ0n) is 17.1. The summed E-state index contributed by atoms with van der Waals surface area (Å²) >= 11 is 3.45. The van der Waals surface area contributed by atoms with Crippen molar-refractivity contribution in [2.75, 3.05) is 16.8 Å². The monoisotopic (exact) mass is 496 g/mol. The van der Waals surface area contributed by atoms with Gasteiger partial charge in [0.1, 0.15) is 12.1 Å². The number of aryl methyl sites for hydroxylation is 1. The Morgan fingerprint density at radius 3 is 2.66 bits per heavy atom. The van der Waals surface area contributed by atoms with Crippen molar-refractivity contribution >= 4 is 51.1 Å². The predicted octanol–water partition coefficient (Wildman–Crippen LogP) is 2.04. The Bertz CT molecular complexity index is 1170. The van der Waals surface area contributed by atoms with E-state index in [-0.39, 0.29) is 29.1 Å². The van der Waals surface area contributed by atoms with Gasteiger partial charge in [0.2, 0.25) is 11.8 Å². The minimum absolute atomic E-state index is 0.0998. The first-order valence-corrected chi connectivity index (χ1v) is 11.3. The molecule has 0 saturated carbocycles. The third-order valence-electron chi connectivity index (χ3n) is 6.27. The number of urea groups is 1. The topological polar surface area (TPSA) is 108 Å². The number of imide groups is 1. The number of para-hydroxylation sites is 1. The number of anilines is 2. The SMILES string of the molecule is O=C(CN1C(=O)C(Br)CCc2ccccc21)Nc1ccc2c(c1)CC1(C2)NC(=O)NC1=O. The summed E-state index contributed by atoms with van der Waals surface area (Å²) in [6.45, 7) is -0.0998. The van der Waals surface area contributed by atoms with Gasteiger partial charge in [-0.15, -0.1) is 0 Å². The molecule has 1 aliphatic carbocycles. The Labute approximate surface area is 192 Å². The average Bonchev–Trinajstić information content (AvgIpc) is 3.23. The molecule has 2 unspecified atom stereocenters. The number of nitrogens with zero attached hydrogens (tertiary/aromatic N) is 1. The van der Waals surface area contributed by atoms with Gasteiger partial charge in [0.15, 0.2) is 0 Å². The highest BCUT2D eigenvalue weighted by atomic mass is 79.9. The molecule has 8 nitrogen and oxygen atoms in total. The van der Waals surface area contributed by atoms with E-state index in [0.29, 0.717) is 24.9 Å². The van der Waals surface area contributed by atoms with Gasteiger partial charge in [-0.1, -0.05) is 40.2 Å². The molecule has 0 aromatic heterocycles. The Kier molecular flexibility index (Phi) is 5.00. The number of rotatable bonds is 3. The fourth-order valence-corrected chi connectivity index (χ4v) is 5.19. The smallest absolute Gasteiger partial charge is 0.322 e. The number of hydrogen-bond acceptors (Lipinski definition) is 4. The van der Waals surface area contributed by atoms with Crippen LogP contribution in [0.15, 0.2) is 42.5 Å². The van der Waals surface area contributed by atoms with Crippen LogP contribution < -0.4 is 20.9 Å². The fraction of sp³-hybridized carbons (Fsp3) is 0.304. The quantitative estimate of drug-likeness (QED) is 0.446. The third-order valence-corrected chi connectivity index (χ3v) is 7.12. The number of hydrogen-bond donors (Lipinski definition) is 3. The van der Waals surface area contributed by atoms with E-state index in [2.05, 4.69) is 31.9 Å². The number of benzene rings is 2. The Morgan fingerprint density at radius 1 is 1.09 bits per heavy atom. The van der Waals surface area contributed by atoms with Crippen molar-refractivity contribution in [3.63, 3.8) is 0 Å². The number of nitrogens with one attached hydrogen (secondary N) is 3. The first-order chi connectivity index (χ1) is 15.3. The van der Waals surface area contributed by atoms with Gasteiger partial charge in [0, 0.05) is 24.2 Å². The lowest BCUT2D eigenvalue weighted by atomic mass is 9.96. The van der Waals surface area contributed by atoms with Crippen molar-refractivity contribution in [3.05, 3.63) is 59.2 Å². The zero-order chi connectivity index (χ0) is 22.5. The molecule has 1 fully saturated rings. The summed E-state index contributed by atoms with van der Waals surface area (Å²) in [5, 5.41) is 7.90. The van der Waals surface area contributed by atoms with Crippen molar-refractivity contribution in [1.29, 1.82) is 0 Å². The molecule has 2 aliphatic heterocycles. The molecular formula is C23H21BrN4O4. The molecule has 2 heterocycles. The van der Waals surface area contributed by atoms with Crippen LogP contribution in [0, 0.1) is 0 Å². The van der Waals surface area contributed by atoms with Gasteiger partial charge in [0.25, 0.3) is 5.91 Å². The summed E-state index contributed by atoms with van der Waals surface area (Å²) in [5.74, 6) is -0.773. The maximum Gasteiger partial charge on any atom is 0.322 e. The molecule has 2 aromatic carbocycles. The van der Waals surface area contributed by atoms with E-state index < -0.39 is 11.6 Å². The number of fused-ring (bicyclic) bond motifs is 2. The maximum atomic E-state index is 12.9. The van der Waals surface area contributed by atoms with Crippen molar-refractivity contribution in [3.8, 4) is 0 Å². The highest BCUT2D eigenvalue weighted by molar-refractivity contribution is 9.10. The largest absolute Gasteiger partial charge is 0.325 e. The van der Waals surface area contributed by atoms with E-state index in [1.54, 1.807) is 6.07 Å². The van der Waals surface area contributed by atoms with Crippen LogP contribution in [0.2, 0.25) is 0 Å². The number of amides is 5. The predicted molar refractivity (Wildman–Crippen MR) is 122 cm³/mol. The van der Waals surface area contributed by atoms with Crippen LogP contribution in [-0.4, -0.2) is 40.7 Å². The van der Waals surface area contributed by atoms with Crippen molar-refractivity contribution in [1.82, 2.24) is 10.6 Å². The summed E-state index contributed by atoms with van der Waals surface area (Å²) < 4.78 is 0. The van der Waals surface area contributed by atoms with E-state index in [0.717, 1.165) is 28.8 Å². The molecule has 2 atom stereocenters. The molecular weight excluding hydrogens is 476 g/mol. The minimum atomic E-state index is -0.949. The van der Waals surface area contributed by atoms with Crippen molar-refractivity contribution in [2.45, 2.75) is 36.0 Å². The summed E-state index contributed by atoms with van der Waals surface area (Å²) in [4.78, 5) is 50.8. The highest BCUT2D eigenvalue weighted by Crippen LogP contribution is 2.34. The van der Waals surface area contributed by atoms with Crippen LogP contribution in [0.4, 0.5) is 16.2 Å². The van der Waals surface area contributed by atoms with Crippen LogP contribution in [0.5, 0.6) is 0 Å². The number of halogens is 1. The lowest BCUT2D eigenvalue weighted by Gasteiger charge is -2.23.